The van der Waals surface area contributed by atoms with Gasteiger partial charge in [0.15, 0.2) is 5.12 Å². The first-order valence-corrected chi connectivity index (χ1v) is 6.53. The molecule has 1 unspecified atom stereocenters. The van der Waals surface area contributed by atoms with E-state index in [0.29, 0.717) is 10.7 Å². The molecule has 1 aromatic rings. The highest BCUT2D eigenvalue weighted by atomic mass is 32.2. The molecule has 17 heavy (non-hydrogen) atoms. The number of hydrogen-bond acceptors (Lipinski definition) is 4. The average Bonchev–Trinajstić information content (AvgIpc) is 2.75. The van der Waals surface area contributed by atoms with Crippen LogP contribution >= 0.6 is 11.8 Å². The molecule has 0 aromatic heterocycles. The van der Waals surface area contributed by atoms with Crippen molar-refractivity contribution >= 4 is 22.8 Å². The quantitative estimate of drug-likeness (QED) is 0.772. The van der Waals surface area contributed by atoms with Crippen LogP contribution in [-0.4, -0.2) is 23.9 Å². The van der Waals surface area contributed by atoms with E-state index >= 15 is 0 Å². The number of carbonyl (C=O) groups is 2. The molecular weight excluding hydrogens is 236 g/mol. The van der Waals surface area contributed by atoms with Crippen LogP contribution < -0.4 is 0 Å². The second-order valence-electron chi connectivity index (χ2n) is 4.05. The zero-order chi connectivity index (χ0) is 12.3. The summed E-state index contributed by atoms with van der Waals surface area (Å²) in [5.41, 5.74) is 1.64. The maximum absolute atomic E-state index is 11.5. The van der Waals surface area contributed by atoms with Crippen molar-refractivity contribution in [2.45, 2.75) is 12.8 Å². The molecule has 1 fully saturated rings. The Morgan fingerprint density at radius 2 is 2.12 bits per heavy atom. The van der Waals surface area contributed by atoms with Crippen LogP contribution in [0.2, 0.25) is 0 Å². The minimum absolute atomic E-state index is 0.143. The topological polar surface area (TPSA) is 43.4 Å². The van der Waals surface area contributed by atoms with E-state index in [0.717, 1.165) is 24.2 Å². The smallest absolute Gasteiger partial charge is 0.337 e. The van der Waals surface area contributed by atoms with Crippen LogP contribution in [0.4, 0.5) is 0 Å². The van der Waals surface area contributed by atoms with Gasteiger partial charge >= 0.3 is 5.97 Å². The molecule has 1 heterocycles. The lowest BCUT2D eigenvalue weighted by atomic mass is 9.98. The first-order chi connectivity index (χ1) is 8.20. The molecule has 1 aromatic carbocycles. The summed E-state index contributed by atoms with van der Waals surface area (Å²) in [5, 5.41) is 0.294. The van der Waals surface area contributed by atoms with Gasteiger partial charge in [-0.3, -0.25) is 4.79 Å². The Labute approximate surface area is 105 Å². The van der Waals surface area contributed by atoms with E-state index in [-0.39, 0.29) is 11.9 Å². The van der Waals surface area contributed by atoms with Gasteiger partial charge in [0.1, 0.15) is 0 Å². The van der Waals surface area contributed by atoms with Gasteiger partial charge in [-0.1, -0.05) is 23.9 Å². The molecule has 0 saturated carbocycles. The number of ether oxygens (including phenoxy) is 1. The van der Waals surface area contributed by atoms with Gasteiger partial charge in [0.25, 0.3) is 0 Å². The summed E-state index contributed by atoms with van der Waals surface area (Å²) in [6, 6.07) is 7.27. The molecule has 0 amide bonds. The summed E-state index contributed by atoms with van der Waals surface area (Å²) in [7, 11) is 1.37. The summed E-state index contributed by atoms with van der Waals surface area (Å²) in [6.45, 7) is 0. The lowest BCUT2D eigenvalue weighted by Crippen LogP contribution is -2.08. The standard InChI is InChI=1S/C13H14O3S/c1-16-12(14)10-4-2-9(3-5-10)8-11-6-7-17-13(11)15/h2-5,11H,6-8H2,1H3. The second-order valence-corrected chi connectivity index (χ2v) is 5.15. The van der Waals surface area contributed by atoms with Crippen LogP contribution in [0.25, 0.3) is 0 Å². The van der Waals surface area contributed by atoms with Gasteiger partial charge < -0.3 is 4.74 Å². The monoisotopic (exact) mass is 250 g/mol. The second kappa shape index (κ2) is 5.36. The number of carbonyl (C=O) groups excluding carboxylic acids is 2. The van der Waals surface area contributed by atoms with Crippen LogP contribution in [0, 0.1) is 5.92 Å². The summed E-state index contributed by atoms with van der Waals surface area (Å²) in [5.74, 6) is 0.747. The van der Waals surface area contributed by atoms with Gasteiger partial charge in [0.2, 0.25) is 0 Å². The highest BCUT2D eigenvalue weighted by Gasteiger charge is 2.25. The van der Waals surface area contributed by atoms with Crippen molar-refractivity contribution in [2.75, 3.05) is 12.9 Å². The van der Waals surface area contributed by atoms with Crippen molar-refractivity contribution in [3.05, 3.63) is 35.4 Å². The molecule has 1 aliphatic heterocycles. The van der Waals surface area contributed by atoms with E-state index in [1.807, 2.05) is 12.1 Å². The number of thioether (sulfide) groups is 1. The van der Waals surface area contributed by atoms with Gasteiger partial charge in [-0.15, -0.1) is 0 Å². The Balaban J connectivity index is 2.03. The zero-order valence-electron chi connectivity index (χ0n) is 9.64. The van der Waals surface area contributed by atoms with Crippen molar-refractivity contribution in [1.29, 1.82) is 0 Å². The molecule has 1 saturated heterocycles. The van der Waals surface area contributed by atoms with E-state index in [4.69, 9.17) is 0 Å². The number of rotatable bonds is 3. The molecule has 1 aliphatic rings. The summed E-state index contributed by atoms with van der Waals surface area (Å²) >= 11 is 1.42. The Bertz CT molecular complexity index is 425. The summed E-state index contributed by atoms with van der Waals surface area (Å²) < 4.78 is 4.63. The molecule has 4 heteroatoms. The van der Waals surface area contributed by atoms with Crippen LogP contribution in [-0.2, 0) is 16.0 Å². The fourth-order valence-corrected chi connectivity index (χ4v) is 2.94. The number of benzene rings is 1. The lowest BCUT2D eigenvalue weighted by Gasteiger charge is -2.07. The number of methoxy groups -OCH3 is 1. The van der Waals surface area contributed by atoms with Crippen molar-refractivity contribution in [3.8, 4) is 0 Å². The SMILES string of the molecule is COC(=O)c1ccc(CC2CCSC2=O)cc1. The van der Waals surface area contributed by atoms with Gasteiger partial charge in [-0.05, 0) is 30.5 Å². The summed E-state index contributed by atoms with van der Waals surface area (Å²) in [6.07, 6.45) is 1.73. The maximum atomic E-state index is 11.5. The minimum atomic E-state index is -0.330. The third-order valence-corrected chi connectivity index (χ3v) is 3.96. The molecule has 0 radical (unpaired) electrons. The van der Waals surface area contributed by atoms with Gasteiger partial charge in [-0.25, -0.2) is 4.79 Å². The normalized spacial score (nSPS) is 19.4. The Morgan fingerprint density at radius 1 is 1.41 bits per heavy atom. The van der Waals surface area contributed by atoms with Crippen molar-refractivity contribution in [1.82, 2.24) is 0 Å². The van der Waals surface area contributed by atoms with Crippen molar-refractivity contribution < 1.29 is 14.3 Å². The highest BCUT2D eigenvalue weighted by molar-refractivity contribution is 8.14. The van der Waals surface area contributed by atoms with Crippen molar-refractivity contribution in [3.63, 3.8) is 0 Å². The molecule has 1 atom stereocenters. The molecule has 0 spiro atoms. The first-order valence-electron chi connectivity index (χ1n) is 5.54. The first kappa shape index (κ1) is 12.2. The molecular formula is C13H14O3S. The van der Waals surface area contributed by atoms with E-state index < -0.39 is 0 Å². The van der Waals surface area contributed by atoms with Crippen LogP contribution in [0.5, 0.6) is 0 Å². The zero-order valence-corrected chi connectivity index (χ0v) is 10.5. The molecule has 0 aliphatic carbocycles. The fraction of sp³-hybridized carbons (Fsp3) is 0.385. The van der Waals surface area contributed by atoms with Gasteiger partial charge in [-0.2, -0.15) is 0 Å². The van der Waals surface area contributed by atoms with Gasteiger partial charge in [0, 0.05) is 11.7 Å². The molecule has 2 rings (SSSR count). The largest absolute Gasteiger partial charge is 0.465 e. The highest BCUT2D eigenvalue weighted by Crippen LogP contribution is 2.28. The Hall–Kier alpha value is -1.29. The summed E-state index contributed by atoms with van der Waals surface area (Å²) in [4.78, 5) is 22.7. The van der Waals surface area contributed by atoms with Crippen LogP contribution in [0.3, 0.4) is 0 Å². The lowest BCUT2D eigenvalue weighted by molar-refractivity contribution is -0.113. The van der Waals surface area contributed by atoms with Crippen molar-refractivity contribution in [2.24, 2.45) is 5.92 Å². The molecule has 0 bridgehead atoms. The molecule has 90 valence electrons. The van der Waals surface area contributed by atoms with Gasteiger partial charge in [0.05, 0.1) is 12.7 Å². The van der Waals surface area contributed by atoms with Crippen LogP contribution in [0.15, 0.2) is 24.3 Å². The van der Waals surface area contributed by atoms with E-state index in [1.54, 1.807) is 12.1 Å². The van der Waals surface area contributed by atoms with Crippen LogP contribution in [0.1, 0.15) is 22.3 Å². The third kappa shape index (κ3) is 2.88. The fourth-order valence-electron chi connectivity index (χ4n) is 1.90. The van der Waals surface area contributed by atoms with E-state index in [9.17, 15) is 9.59 Å². The predicted molar refractivity (Wildman–Crippen MR) is 67.1 cm³/mol. The Morgan fingerprint density at radius 3 is 2.65 bits per heavy atom. The van der Waals surface area contributed by atoms with E-state index in [2.05, 4.69) is 4.74 Å². The predicted octanol–water partition coefficient (Wildman–Crippen LogP) is 2.30. The van der Waals surface area contributed by atoms with E-state index in [1.165, 1.54) is 18.9 Å². The molecule has 3 nitrogen and oxygen atoms in total. The Kier molecular flexibility index (Phi) is 3.84. The number of esters is 1. The third-order valence-electron chi connectivity index (χ3n) is 2.90. The molecule has 0 N–H and O–H groups in total. The maximum Gasteiger partial charge on any atom is 0.337 e. The minimum Gasteiger partial charge on any atom is -0.465 e. The average molecular weight is 250 g/mol. The number of hydrogen-bond donors (Lipinski definition) is 0.